The second kappa shape index (κ2) is 8.64. The molecule has 31 heavy (non-hydrogen) atoms. The molecule has 2 aliphatic carbocycles. The Morgan fingerprint density at radius 3 is 2.19 bits per heavy atom. The highest BCUT2D eigenvalue weighted by molar-refractivity contribution is 14.1. The van der Waals surface area contributed by atoms with E-state index < -0.39 is 18.5 Å². The van der Waals surface area contributed by atoms with E-state index in [0.29, 0.717) is 39.1 Å². The minimum absolute atomic E-state index is 0.0863. The first-order chi connectivity index (χ1) is 14.8. The number of hydrogen-bond donors (Lipinski definition) is 1. The van der Waals surface area contributed by atoms with Crippen molar-refractivity contribution in [2.45, 2.75) is 44.4 Å². The van der Waals surface area contributed by atoms with E-state index in [1.807, 2.05) is 13.1 Å². The number of rotatable bonds is 5. The Bertz CT molecular complexity index is 997. The molecular formula is C23H24INO6. The molecule has 0 saturated heterocycles. The Morgan fingerprint density at radius 2 is 1.68 bits per heavy atom. The van der Waals surface area contributed by atoms with Crippen LogP contribution in [0.1, 0.15) is 50.0 Å². The lowest BCUT2D eigenvalue weighted by atomic mass is 9.71. The number of nitrogens with zero attached hydrogens (tertiary/aromatic N) is 1. The molecule has 0 spiro atoms. The highest BCUT2D eigenvalue weighted by Gasteiger charge is 2.42. The number of allylic oxidation sites excluding steroid dienone is 4. The van der Waals surface area contributed by atoms with Gasteiger partial charge in [-0.25, -0.2) is 4.79 Å². The van der Waals surface area contributed by atoms with Gasteiger partial charge in [-0.15, -0.1) is 0 Å². The summed E-state index contributed by atoms with van der Waals surface area (Å²) in [6, 6.07) is 3.64. The average molecular weight is 537 g/mol. The molecule has 1 N–H and O–H groups in total. The average Bonchev–Trinajstić information content (AvgIpc) is 2.73. The van der Waals surface area contributed by atoms with Gasteiger partial charge < -0.3 is 19.5 Å². The molecule has 4 rings (SSSR count). The lowest BCUT2D eigenvalue weighted by molar-refractivity contribution is -0.139. The first-order valence-electron chi connectivity index (χ1n) is 10.3. The topological polar surface area (TPSA) is 93.1 Å². The fourth-order valence-corrected chi connectivity index (χ4v) is 5.65. The molecule has 0 atom stereocenters. The van der Waals surface area contributed by atoms with Crippen LogP contribution in [-0.2, 0) is 14.4 Å². The lowest BCUT2D eigenvalue weighted by Crippen LogP contribution is -2.37. The number of carbonyl (C=O) groups is 3. The van der Waals surface area contributed by atoms with Crippen molar-refractivity contribution in [1.29, 1.82) is 0 Å². The molecule has 0 bridgehead atoms. The molecule has 0 fully saturated rings. The van der Waals surface area contributed by atoms with Crippen molar-refractivity contribution in [3.63, 3.8) is 0 Å². The fourth-order valence-electron chi connectivity index (χ4n) is 4.87. The van der Waals surface area contributed by atoms with Gasteiger partial charge in [0.05, 0.1) is 10.7 Å². The predicted molar refractivity (Wildman–Crippen MR) is 121 cm³/mol. The number of benzene rings is 1. The Labute approximate surface area is 194 Å². The number of carboxylic acids is 1. The third-order valence-electron chi connectivity index (χ3n) is 6.17. The molecule has 8 heteroatoms. The number of halogens is 1. The van der Waals surface area contributed by atoms with Crippen LogP contribution in [0.15, 0.2) is 34.7 Å². The lowest BCUT2D eigenvalue weighted by Gasteiger charge is -2.42. The first-order valence-corrected chi connectivity index (χ1v) is 11.4. The Kier molecular flexibility index (Phi) is 6.09. The third kappa shape index (κ3) is 3.86. The van der Waals surface area contributed by atoms with Crippen LogP contribution in [0.3, 0.4) is 0 Å². The first kappa shape index (κ1) is 21.9. The Hall–Kier alpha value is -2.36. The molecule has 0 unspecified atom stereocenters. The van der Waals surface area contributed by atoms with Crippen molar-refractivity contribution < 1.29 is 29.0 Å². The molecule has 1 aromatic carbocycles. The summed E-state index contributed by atoms with van der Waals surface area (Å²) < 4.78 is 11.6. The molecular weight excluding hydrogens is 513 g/mol. The molecule has 1 heterocycles. The van der Waals surface area contributed by atoms with Crippen LogP contribution in [0.5, 0.6) is 11.5 Å². The van der Waals surface area contributed by atoms with Crippen molar-refractivity contribution in [3.05, 3.63) is 43.8 Å². The van der Waals surface area contributed by atoms with Crippen LogP contribution in [-0.4, -0.2) is 48.3 Å². The highest BCUT2D eigenvalue weighted by atomic mass is 127. The van der Waals surface area contributed by atoms with Crippen LogP contribution in [0.25, 0.3) is 0 Å². The van der Waals surface area contributed by atoms with Gasteiger partial charge in [0.25, 0.3) is 0 Å². The maximum atomic E-state index is 13.1. The third-order valence-corrected chi connectivity index (χ3v) is 6.97. The van der Waals surface area contributed by atoms with Gasteiger partial charge in [-0.2, -0.15) is 0 Å². The zero-order chi connectivity index (χ0) is 22.3. The van der Waals surface area contributed by atoms with Gasteiger partial charge in [0.2, 0.25) is 0 Å². The summed E-state index contributed by atoms with van der Waals surface area (Å²) in [4.78, 5) is 39.2. The second-order valence-corrected chi connectivity index (χ2v) is 9.14. The highest BCUT2D eigenvalue weighted by Crippen LogP contribution is 2.50. The number of hydrogen-bond acceptors (Lipinski definition) is 6. The van der Waals surface area contributed by atoms with Crippen molar-refractivity contribution in [1.82, 2.24) is 4.90 Å². The largest absolute Gasteiger partial charge is 0.493 e. The van der Waals surface area contributed by atoms with E-state index in [2.05, 4.69) is 27.5 Å². The van der Waals surface area contributed by atoms with Gasteiger partial charge >= 0.3 is 5.97 Å². The molecule has 7 nitrogen and oxygen atoms in total. The summed E-state index contributed by atoms with van der Waals surface area (Å²) in [7, 11) is 3.45. The Morgan fingerprint density at radius 1 is 1.10 bits per heavy atom. The molecule has 1 aromatic rings. The van der Waals surface area contributed by atoms with E-state index in [4.69, 9.17) is 14.6 Å². The van der Waals surface area contributed by atoms with Gasteiger partial charge in [0, 0.05) is 48.3 Å². The summed E-state index contributed by atoms with van der Waals surface area (Å²) in [6.45, 7) is -0.485. The van der Waals surface area contributed by atoms with E-state index in [1.54, 1.807) is 6.07 Å². The van der Waals surface area contributed by atoms with Crippen LogP contribution in [0, 0.1) is 3.57 Å². The smallest absolute Gasteiger partial charge is 0.341 e. The SMILES string of the molecule is COc1cc(C2C3=C(CCCC3=O)N(C)C3=C2C(=O)CCC3)cc(I)c1OCC(=O)O. The summed E-state index contributed by atoms with van der Waals surface area (Å²) in [5.74, 6) is -0.611. The van der Waals surface area contributed by atoms with E-state index in [1.165, 1.54) is 7.11 Å². The van der Waals surface area contributed by atoms with E-state index in [-0.39, 0.29) is 11.6 Å². The monoisotopic (exact) mass is 537 g/mol. The molecule has 0 aromatic heterocycles. The standard InChI is InChI=1S/C23H24INO6/c1-25-14-5-3-7-16(26)21(14)20(22-15(25)6-4-8-17(22)27)12-9-13(24)23(18(10-12)30-2)31-11-19(28)29/h9-10,20H,3-8,11H2,1-2H3,(H,28,29). The van der Waals surface area contributed by atoms with Gasteiger partial charge in [-0.05, 0) is 66.0 Å². The van der Waals surface area contributed by atoms with Crippen molar-refractivity contribution >= 4 is 40.1 Å². The van der Waals surface area contributed by atoms with Gasteiger partial charge in [-0.3, -0.25) is 9.59 Å². The van der Waals surface area contributed by atoms with Crippen LogP contribution in [0.2, 0.25) is 0 Å². The number of ether oxygens (including phenoxy) is 2. The van der Waals surface area contributed by atoms with Crippen LogP contribution < -0.4 is 9.47 Å². The molecule has 0 radical (unpaired) electrons. The van der Waals surface area contributed by atoms with Crippen molar-refractivity contribution in [2.75, 3.05) is 20.8 Å². The Balaban J connectivity index is 1.89. The number of methoxy groups -OCH3 is 1. The minimum atomic E-state index is -1.08. The number of carboxylic acid groups (broad SMARTS) is 1. The normalized spacial score (nSPS) is 19.4. The molecule has 164 valence electrons. The zero-order valence-corrected chi connectivity index (χ0v) is 19.7. The number of ketones is 2. The van der Waals surface area contributed by atoms with E-state index in [9.17, 15) is 14.4 Å². The van der Waals surface area contributed by atoms with Crippen LogP contribution >= 0.6 is 22.6 Å². The van der Waals surface area contributed by atoms with Crippen molar-refractivity contribution in [2.24, 2.45) is 0 Å². The van der Waals surface area contributed by atoms with Crippen molar-refractivity contribution in [3.8, 4) is 11.5 Å². The summed E-state index contributed by atoms with van der Waals surface area (Å²) >= 11 is 2.08. The number of carbonyl (C=O) groups excluding carboxylic acids is 2. The molecule has 0 amide bonds. The number of aliphatic carboxylic acids is 1. The van der Waals surface area contributed by atoms with Gasteiger partial charge in [0.1, 0.15) is 0 Å². The molecule has 1 aliphatic heterocycles. The minimum Gasteiger partial charge on any atom is -0.493 e. The summed E-state index contributed by atoms with van der Waals surface area (Å²) in [5, 5.41) is 8.97. The van der Waals surface area contributed by atoms with E-state index >= 15 is 0 Å². The zero-order valence-electron chi connectivity index (χ0n) is 17.5. The van der Waals surface area contributed by atoms with E-state index in [0.717, 1.165) is 42.6 Å². The van der Waals surface area contributed by atoms with Gasteiger partial charge in [-0.1, -0.05) is 0 Å². The second-order valence-electron chi connectivity index (χ2n) is 7.98. The summed E-state index contributed by atoms with van der Waals surface area (Å²) in [5.41, 5.74) is 4.23. The number of Topliss-reactive ketones (excluding diaryl/α,β-unsaturated/α-hetero) is 2. The maximum Gasteiger partial charge on any atom is 0.341 e. The van der Waals surface area contributed by atoms with Gasteiger partial charge in [0.15, 0.2) is 29.7 Å². The quantitative estimate of drug-likeness (QED) is 0.572. The predicted octanol–water partition coefficient (Wildman–Crippen LogP) is 3.81. The molecule has 0 saturated carbocycles. The van der Waals surface area contributed by atoms with Crippen LogP contribution in [0.4, 0.5) is 0 Å². The fraction of sp³-hybridized carbons (Fsp3) is 0.435. The maximum absolute atomic E-state index is 13.1. The summed E-state index contributed by atoms with van der Waals surface area (Å²) in [6.07, 6.45) is 4.21. The molecule has 3 aliphatic rings.